The van der Waals surface area contributed by atoms with E-state index in [0.717, 1.165) is 25.0 Å². The van der Waals surface area contributed by atoms with Gasteiger partial charge < -0.3 is 14.6 Å². The van der Waals surface area contributed by atoms with Gasteiger partial charge in [-0.25, -0.2) is 8.78 Å². The zero-order chi connectivity index (χ0) is 15.5. The first-order valence-electron chi connectivity index (χ1n) is 7.16. The summed E-state index contributed by atoms with van der Waals surface area (Å²) in [5.74, 6) is -1.83. The number of carbonyl (C=O) groups is 1. The van der Waals surface area contributed by atoms with Gasteiger partial charge in [0, 0.05) is 30.9 Å². The Balaban J connectivity index is 1.65. The minimum Gasteiger partial charge on any atom is -0.472 e. The number of nitrogens with one attached hydrogen (secondary N) is 1. The number of rotatable bonds is 3. The van der Waals surface area contributed by atoms with E-state index < -0.39 is 11.6 Å². The van der Waals surface area contributed by atoms with Crippen molar-refractivity contribution in [3.8, 4) is 0 Å². The molecule has 1 aromatic heterocycles. The van der Waals surface area contributed by atoms with Gasteiger partial charge in [-0.05, 0) is 31.0 Å². The fraction of sp³-hybridized carbons (Fsp3) is 0.312. The number of furan rings is 1. The number of likely N-dealkylation sites (tertiary alicyclic amines) is 1. The van der Waals surface area contributed by atoms with Crippen LogP contribution >= 0.6 is 0 Å². The fourth-order valence-corrected chi connectivity index (χ4v) is 2.67. The standard InChI is InChI=1S/C16H16F2N2O2/c17-14-4-3-12(8-15(14)18)19-13-2-1-6-20(9-13)16(21)11-5-7-22-10-11/h3-5,7-8,10,13,19H,1-2,6,9H2/t13-/m0/s1. The third kappa shape index (κ3) is 3.10. The van der Waals surface area contributed by atoms with Gasteiger partial charge in [0.25, 0.3) is 5.91 Å². The molecule has 22 heavy (non-hydrogen) atoms. The van der Waals surface area contributed by atoms with E-state index in [0.29, 0.717) is 24.3 Å². The second-order valence-corrected chi connectivity index (χ2v) is 5.38. The van der Waals surface area contributed by atoms with Crippen LogP contribution in [0, 0.1) is 11.6 Å². The largest absolute Gasteiger partial charge is 0.472 e. The van der Waals surface area contributed by atoms with Gasteiger partial charge in [0.2, 0.25) is 0 Å². The van der Waals surface area contributed by atoms with Gasteiger partial charge in [-0.3, -0.25) is 4.79 Å². The van der Waals surface area contributed by atoms with Gasteiger partial charge >= 0.3 is 0 Å². The van der Waals surface area contributed by atoms with Crippen LogP contribution < -0.4 is 5.32 Å². The van der Waals surface area contributed by atoms with Crippen molar-refractivity contribution in [1.82, 2.24) is 4.90 Å². The Morgan fingerprint density at radius 1 is 1.27 bits per heavy atom. The number of piperidine rings is 1. The highest BCUT2D eigenvalue weighted by Crippen LogP contribution is 2.19. The van der Waals surface area contributed by atoms with Crippen LogP contribution in [0.2, 0.25) is 0 Å². The van der Waals surface area contributed by atoms with Crippen LogP contribution in [-0.4, -0.2) is 29.9 Å². The molecule has 1 amide bonds. The summed E-state index contributed by atoms with van der Waals surface area (Å²) in [6.45, 7) is 1.20. The van der Waals surface area contributed by atoms with Crippen molar-refractivity contribution in [3.05, 3.63) is 54.0 Å². The van der Waals surface area contributed by atoms with Gasteiger partial charge in [0.1, 0.15) is 6.26 Å². The number of hydrogen-bond donors (Lipinski definition) is 1. The third-order valence-corrected chi connectivity index (χ3v) is 3.77. The van der Waals surface area contributed by atoms with Crippen molar-refractivity contribution in [2.45, 2.75) is 18.9 Å². The molecule has 0 radical (unpaired) electrons. The molecule has 0 aliphatic carbocycles. The molecule has 0 saturated carbocycles. The zero-order valence-corrected chi connectivity index (χ0v) is 11.9. The highest BCUT2D eigenvalue weighted by Gasteiger charge is 2.25. The Bertz CT molecular complexity index is 658. The molecule has 1 N–H and O–H groups in total. The molecule has 0 spiro atoms. The number of benzene rings is 1. The fourth-order valence-electron chi connectivity index (χ4n) is 2.67. The molecule has 1 aliphatic heterocycles. The van der Waals surface area contributed by atoms with Gasteiger partial charge in [0.05, 0.1) is 11.8 Å². The molecule has 0 unspecified atom stereocenters. The summed E-state index contributed by atoms with van der Waals surface area (Å²) in [7, 11) is 0. The molecule has 1 aliphatic rings. The molecule has 3 rings (SSSR count). The molecule has 1 atom stereocenters. The van der Waals surface area contributed by atoms with E-state index >= 15 is 0 Å². The van der Waals surface area contributed by atoms with Crippen LogP contribution in [0.5, 0.6) is 0 Å². The van der Waals surface area contributed by atoms with Crippen LogP contribution in [-0.2, 0) is 0 Å². The van der Waals surface area contributed by atoms with E-state index in [1.165, 1.54) is 18.6 Å². The number of hydrogen-bond acceptors (Lipinski definition) is 3. The zero-order valence-electron chi connectivity index (χ0n) is 11.9. The number of carbonyl (C=O) groups excluding carboxylic acids is 1. The van der Waals surface area contributed by atoms with Crippen molar-refractivity contribution in [3.63, 3.8) is 0 Å². The first-order chi connectivity index (χ1) is 10.6. The van der Waals surface area contributed by atoms with Crippen molar-refractivity contribution in [2.75, 3.05) is 18.4 Å². The Labute approximate surface area is 126 Å². The topological polar surface area (TPSA) is 45.5 Å². The quantitative estimate of drug-likeness (QED) is 0.946. The Hall–Kier alpha value is -2.37. The van der Waals surface area contributed by atoms with Crippen LogP contribution in [0.4, 0.5) is 14.5 Å². The lowest BCUT2D eigenvalue weighted by Crippen LogP contribution is -2.45. The molecule has 4 nitrogen and oxygen atoms in total. The SMILES string of the molecule is O=C(c1ccoc1)N1CCC[C@H](Nc2ccc(F)c(F)c2)C1. The summed E-state index contributed by atoms with van der Waals surface area (Å²) >= 11 is 0. The molecule has 116 valence electrons. The normalized spacial score (nSPS) is 18.3. The Morgan fingerprint density at radius 3 is 2.86 bits per heavy atom. The van der Waals surface area contributed by atoms with Gasteiger partial charge in [-0.2, -0.15) is 0 Å². The third-order valence-electron chi connectivity index (χ3n) is 3.77. The van der Waals surface area contributed by atoms with Crippen LogP contribution in [0.15, 0.2) is 41.2 Å². The maximum absolute atomic E-state index is 13.2. The number of amides is 1. The minimum atomic E-state index is -0.882. The van der Waals surface area contributed by atoms with Crippen molar-refractivity contribution >= 4 is 11.6 Å². The highest BCUT2D eigenvalue weighted by atomic mass is 19.2. The van der Waals surface area contributed by atoms with Crippen LogP contribution in [0.3, 0.4) is 0 Å². The van der Waals surface area contributed by atoms with E-state index in [1.807, 2.05) is 0 Å². The second-order valence-electron chi connectivity index (χ2n) is 5.38. The van der Waals surface area contributed by atoms with Gasteiger partial charge in [0.15, 0.2) is 11.6 Å². The molecular formula is C16H16F2N2O2. The van der Waals surface area contributed by atoms with E-state index in [1.54, 1.807) is 11.0 Å². The lowest BCUT2D eigenvalue weighted by Gasteiger charge is -2.33. The molecule has 6 heteroatoms. The molecular weight excluding hydrogens is 290 g/mol. The summed E-state index contributed by atoms with van der Waals surface area (Å²) in [6, 6.07) is 5.36. The van der Waals surface area contributed by atoms with Gasteiger partial charge in [-0.1, -0.05) is 0 Å². The average molecular weight is 306 g/mol. The second kappa shape index (κ2) is 6.17. The summed E-state index contributed by atoms with van der Waals surface area (Å²) in [5.41, 5.74) is 1.04. The predicted octanol–water partition coefficient (Wildman–Crippen LogP) is 3.27. The number of nitrogens with zero attached hydrogens (tertiary/aromatic N) is 1. The first-order valence-corrected chi connectivity index (χ1v) is 7.16. The molecule has 2 heterocycles. The number of halogens is 2. The number of anilines is 1. The Morgan fingerprint density at radius 2 is 2.14 bits per heavy atom. The van der Waals surface area contributed by atoms with E-state index in [9.17, 15) is 13.6 Å². The van der Waals surface area contributed by atoms with E-state index in [-0.39, 0.29) is 11.9 Å². The predicted molar refractivity (Wildman–Crippen MR) is 77.6 cm³/mol. The molecule has 1 fully saturated rings. The maximum atomic E-state index is 13.2. The van der Waals surface area contributed by atoms with Crippen molar-refractivity contribution in [2.24, 2.45) is 0 Å². The average Bonchev–Trinajstić information content (AvgIpc) is 3.05. The smallest absolute Gasteiger partial charge is 0.257 e. The summed E-state index contributed by atoms with van der Waals surface area (Å²) in [5, 5.41) is 3.16. The monoisotopic (exact) mass is 306 g/mol. The minimum absolute atomic E-state index is 0.00876. The summed E-state index contributed by atoms with van der Waals surface area (Å²) in [4.78, 5) is 14.0. The summed E-state index contributed by atoms with van der Waals surface area (Å²) in [6.07, 6.45) is 4.61. The lowest BCUT2D eigenvalue weighted by atomic mass is 10.0. The molecule has 1 aromatic carbocycles. The van der Waals surface area contributed by atoms with E-state index in [4.69, 9.17) is 4.42 Å². The van der Waals surface area contributed by atoms with Crippen LogP contribution in [0.1, 0.15) is 23.2 Å². The first kappa shape index (κ1) is 14.6. The summed E-state index contributed by atoms with van der Waals surface area (Å²) < 4.78 is 31.1. The molecule has 2 aromatic rings. The highest BCUT2D eigenvalue weighted by molar-refractivity contribution is 5.93. The van der Waals surface area contributed by atoms with Crippen molar-refractivity contribution in [1.29, 1.82) is 0 Å². The molecule has 1 saturated heterocycles. The van der Waals surface area contributed by atoms with Crippen LogP contribution in [0.25, 0.3) is 0 Å². The Kier molecular flexibility index (Phi) is 4.09. The molecule has 0 bridgehead atoms. The maximum Gasteiger partial charge on any atom is 0.257 e. The van der Waals surface area contributed by atoms with Gasteiger partial charge in [-0.15, -0.1) is 0 Å². The lowest BCUT2D eigenvalue weighted by molar-refractivity contribution is 0.0714. The van der Waals surface area contributed by atoms with E-state index in [2.05, 4.69) is 5.32 Å². The van der Waals surface area contributed by atoms with Crippen molar-refractivity contribution < 1.29 is 18.0 Å².